The van der Waals surface area contributed by atoms with Gasteiger partial charge in [-0.3, -0.25) is 15.6 Å². The van der Waals surface area contributed by atoms with E-state index in [0.29, 0.717) is 0 Å². The number of nitrogens with zero attached hydrogens (tertiary/aromatic N) is 3. The highest BCUT2D eigenvalue weighted by Gasteiger charge is 2.28. The highest BCUT2D eigenvalue weighted by molar-refractivity contribution is 7.22. The second-order valence-corrected chi connectivity index (χ2v) is 7.10. The minimum absolute atomic E-state index is 0.0731. The van der Waals surface area contributed by atoms with E-state index >= 15 is 0 Å². The van der Waals surface area contributed by atoms with E-state index in [9.17, 15) is 4.79 Å². The first-order valence-corrected chi connectivity index (χ1v) is 8.98. The molecule has 1 amide bonds. The molecule has 0 bridgehead atoms. The molecule has 1 aromatic heterocycles. The average Bonchev–Trinajstić information content (AvgIpc) is 3.19. The molecule has 2 aromatic rings. The first-order valence-electron chi connectivity index (χ1n) is 8.16. The number of hydrogen-bond acceptors (Lipinski definition) is 6. The van der Waals surface area contributed by atoms with Crippen LogP contribution >= 0.6 is 11.3 Å². The largest absolute Gasteiger partial charge is 0.346 e. The van der Waals surface area contributed by atoms with Crippen LogP contribution in [0.1, 0.15) is 6.42 Å². The molecule has 6 nitrogen and oxygen atoms in total. The zero-order chi connectivity index (χ0) is 15.6. The molecule has 1 aromatic carbocycles. The Hall–Kier alpha value is -1.70. The number of nitrogens with one attached hydrogen (secondary N) is 2. The molecule has 2 fully saturated rings. The van der Waals surface area contributed by atoms with Gasteiger partial charge in [-0.25, -0.2) is 4.98 Å². The van der Waals surface area contributed by atoms with Gasteiger partial charge in [-0.05, 0) is 18.6 Å². The van der Waals surface area contributed by atoms with E-state index in [2.05, 4.69) is 34.0 Å². The third-order valence-electron chi connectivity index (χ3n) is 4.53. The molecule has 0 aliphatic carbocycles. The van der Waals surface area contributed by atoms with E-state index in [4.69, 9.17) is 4.98 Å². The Morgan fingerprint density at radius 1 is 1.13 bits per heavy atom. The van der Waals surface area contributed by atoms with Crippen molar-refractivity contribution in [2.24, 2.45) is 5.92 Å². The summed E-state index contributed by atoms with van der Waals surface area (Å²) in [7, 11) is 0. The van der Waals surface area contributed by atoms with Gasteiger partial charge in [-0.2, -0.15) is 0 Å². The highest BCUT2D eigenvalue weighted by atomic mass is 32.1. The van der Waals surface area contributed by atoms with Gasteiger partial charge >= 0.3 is 0 Å². The van der Waals surface area contributed by atoms with Gasteiger partial charge in [-0.15, -0.1) is 0 Å². The maximum Gasteiger partial charge on any atom is 0.228 e. The molecular weight excluding hydrogens is 310 g/mol. The number of hydrogen-bond donors (Lipinski definition) is 2. The summed E-state index contributed by atoms with van der Waals surface area (Å²) < 4.78 is 1.22. The Bertz CT molecular complexity index is 664. The van der Waals surface area contributed by atoms with Gasteiger partial charge in [0.15, 0.2) is 5.13 Å². The Balaban J connectivity index is 1.45. The molecule has 0 spiro atoms. The van der Waals surface area contributed by atoms with E-state index in [-0.39, 0.29) is 11.8 Å². The molecule has 3 heterocycles. The van der Waals surface area contributed by atoms with Crippen LogP contribution in [0.5, 0.6) is 0 Å². The topological polar surface area (TPSA) is 60.5 Å². The summed E-state index contributed by atoms with van der Waals surface area (Å²) in [6.07, 6.45) is 0.995. The number of thiazole rings is 1. The van der Waals surface area contributed by atoms with Crippen molar-refractivity contribution in [1.82, 2.24) is 20.7 Å². The minimum atomic E-state index is 0.0731. The quantitative estimate of drug-likeness (QED) is 0.862. The zero-order valence-electron chi connectivity index (χ0n) is 13.0. The monoisotopic (exact) mass is 331 g/mol. The second kappa shape index (κ2) is 6.43. The minimum Gasteiger partial charge on any atom is -0.346 e. The fourth-order valence-electron chi connectivity index (χ4n) is 3.22. The van der Waals surface area contributed by atoms with E-state index in [1.165, 1.54) is 4.70 Å². The Morgan fingerprint density at radius 3 is 2.78 bits per heavy atom. The van der Waals surface area contributed by atoms with E-state index in [0.717, 1.165) is 56.3 Å². The summed E-state index contributed by atoms with van der Waals surface area (Å²) in [5.74, 6) is 0.345. The van der Waals surface area contributed by atoms with Crippen LogP contribution in [0, 0.1) is 5.92 Å². The second-order valence-electron chi connectivity index (χ2n) is 6.09. The fourth-order valence-corrected chi connectivity index (χ4v) is 4.24. The number of para-hydroxylation sites is 1. The molecule has 0 radical (unpaired) electrons. The number of benzene rings is 1. The third kappa shape index (κ3) is 3.04. The molecule has 2 aliphatic rings. The summed E-state index contributed by atoms with van der Waals surface area (Å²) in [5.41, 5.74) is 7.15. The molecule has 0 atom stereocenters. The number of hydrazine groups is 1. The van der Waals surface area contributed by atoms with Crippen LogP contribution in [-0.2, 0) is 4.79 Å². The van der Waals surface area contributed by atoms with Crippen LogP contribution in [0.4, 0.5) is 5.13 Å². The van der Waals surface area contributed by atoms with Crippen LogP contribution in [-0.4, -0.2) is 55.1 Å². The number of aromatic nitrogens is 1. The Labute approximate surface area is 139 Å². The fraction of sp³-hybridized carbons (Fsp3) is 0.500. The standard InChI is InChI=1S/C16H21N5OS/c22-15(12-10-17-18-11-12)20-6-3-7-21(9-8-20)16-19-13-4-1-2-5-14(13)23-16/h1-2,4-5,12,17-18H,3,6-11H2. The maximum atomic E-state index is 12.6. The van der Waals surface area contributed by atoms with Crippen LogP contribution < -0.4 is 15.8 Å². The van der Waals surface area contributed by atoms with Crippen molar-refractivity contribution >= 4 is 32.6 Å². The van der Waals surface area contributed by atoms with Crippen molar-refractivity contribution < 1.29 is 4.79 Å². The van der Waals surface area contributed by atoms with Crippen LogP contribution in [0.25, 0.3) is 10.2 Å². The summed E-state index contributed by atoms with van der Waals surface area (Å²) in [4.78, 5) is 21.6. The molecular formula is C16H21N5OS. The van der Waals surface area contributed by atoms with E-state index < -0.39 is 0 Å². The van der Waals surface area contributed by atoms with Gasteiger partial charge in [0.2, 0.25) is 5.91 Å². The number of carbonyl (C=O) groups is 1. The number of anilines is 1. The SMILES string of the molecule is O=C(C1CNNC1)N1CCCN(c2nc3ccccc3s2)CC1. The average molecular weight is 331 g/mol. The molecule has 23 heavy (non-hydrogen) atoms. The van der Waals surface area contributed by atoms with Gasteiger partial charge in [0.25, 0.3) is 0 Å². The molecule has 2 N–H and O–H groups in total. The lowest BCUT2D eigenvalue weighted by Gasteiger charge is -2.23. The van der Waals surface area contributed by atoms with Gasteiger partial charge in [0.1, 0.15) is 0 Å². The Morgan fingerprint density at radius 2 is 1.96 bits per heavy atom. The lowest BCUT2D eigenvalue weighted by molar-refractivity contribution is -0.134. The number of amides is 1. The summed E-state index contributed by atoms with van der Waals surface area (Å²) >= 11 is 1.74. The van der Waals surface area contributed by atoms with Gasteiger partial charge in [0, 0.05) is 39.3 Å². The van der Waals surface area contributed by atoms with Gasteiger partial charge in [0.05, 0.1) is 16.1 Å². The maximum absolute atomic E-state index is 12.6. The zero-order valence-corrected chi connectivity index (χ0v) is 13.8. The molecule has 2 aliphatic heterocycles. The van der Waals surface area contributed by atoms with Gasteiger partial charge in [-0.1, -0.05) is 23.5 Å². The van der Waals surface area contributed by atoms with Gasteiger partial charge < -0.3 is 9.80 Å². The van der Waals surface area contributed by atoms with Crippen LogP contribution in [0.2, 0.25) is 0 Å². The van der Waals surface area contributed by atoms with Crippen molar-refractivity contribution in [3.63, 3.8) is 0 Å². The summed E-state index contributed by atoms with van der Waals surface area (Å²) in [6, 6.07) is 8.25. The number of carbonyl (C=O) groups excluding carboxylic acids is 1. The van der Waals surface area contributed by atoms with Crippen molar-refractivity contribution in [2.45, 2.75) is 6.42 Å². The first kappa shape index (κ1) is 14.9. The number of rotatable bonds is 2. The van der Waals surface area contributed by atoms with Crippen LogP contribution in [0.3, 0.4) is 0 Å². The molecule has 122 valence electrons. The van der Waals surface area contributed by atoms with Crippen molar-refractivity contribution in [3.05, 3.63) is 24.3 Å². The summed E-state index contributed by atoms with van der Waals surface area (Å²) in [6.45, 7) is 4.92. The smallest absolute Gasteiger partial charge is 0.228 e. The molecule has 0 saturated carbocycles. The molecule has 0 unspecified atom stereocenters. The van der Waals surface area contributed by atoms with E-state index in [1.54, 1.807) is 11.3 Å². The van der Waals surface area contributed by atoms with Crippen LogP contribution in [0.15, 0.2) is 24.3 Å². The molecule has 2 saturated heterocycles. The number of fused-ring (bicyclic) bond motifs is 1. The highest BCUT2D eigenvalue weighted by Crippen LogP contribution is 2.29. The predicted molar refractivity (Wildman–Crippen MR) is 92.5 cm³/mol. The predicted octanol–water partition coefficient (Wildman–Crippen LogP) is 1.06. The Kier molecular flexibility index (Phi) is 4.15. The molecule has 7 heteroatoms. The summed E-state index contributed by atoms with van der Waals surface area (Å²) in [5, 5.41) is 1.07. The first-order chi connectivity index (χ1) is 11.3. The molecule has 4 rings (SSSR count). The normalized spacial score (nSPS) is 20.2. The lowest BCUT2D eigenvalue weighted by atomic mass is 10.1. The third-order valence-corrected chi connectivity index (χ3v) is 5.63. The van der Waals surface area contributed by atoms with Crippen molar-refractivity contribution in [1.29, 1.82) is 0 Å². The van der Waals surface area contributed by atoms with Crippen molar-refractivity contribution in [3.8, 4) is 0 Å². The lowest BCUT2D eigenvalue weighted by Crippen LogP contribution is -2.40. The van der Waals surface area contributed by atoms with E-state index in [1.807, 2.05) is 11.0 Å². The van der Waals surface area contributed by atoms with Crippen molar-refractivity contribution in [2.75, 3.05) is 44.2 Å².